The SMILES string of the molecule is CC(C)CC1(C(=O)O)NC(c2cccs2)C2C(=O)N(c3ccccc3Cl)C(=O)C21. The number of halogens is 1. The summed E-state index contributed by atoms with van der Waals surface area (Å²) >= 11 is 7.71. The summed E-state index contributed by atoms with van der Waals surface area (Å²) in [6, 6.07) is 9.81. The predicted molar refractivity (Wildman–Crippen MR) is 111 cm³/mol. The first kappa shape index (κ1) is 20.1. The molecule has 6 nitrogen and oxygen atoms in total. The smallest absolute Gasteiger partial charge is 0.324 e. The molecule has 2 aliphatic rings. The van der Waals surface area contributed by atoms with E-state index in [-0.39, 0.29) is 17.4 Å². The van der Waals surface area contributed by atoms with E-state index < -0.39 is 41.2 Å². The molecule has 0 radical (unpaired) electrons. The highest BCUT2D eigenvalue weighted by atomic mass is 35.5. The normalized spacial score (nSPS) is 29.0. The van der Waals surface area contributed by atoms with E-state index >= 15 is 0 Å². The van der Waals surface area contributed by atoms with Crippen molar-refractivity contribution >= 4 is 46.4 Å². The Kier molecular flexibility index (Phi) is 5.01. The summed E-state index contributed by atoms with van der Waals surface area (Å²) in [7, 11) is 0. The molecule has 152 valence electrons. The molecule has 4 rings (SSSR count). The van der Waals surface area contributed by atoms with Crippen LogP contribution in [0.3, 0.4) is 0 Å². The number of carboxylic acids is 1. The van der Waals surface area contributed by atoms with Crippen LogP contribution in [0.15, 0.2) is 41.8 Å². The monoisotopic (exact) mass is 432 g/mol. The fourth-order valence-electron chi connectivity index (χ4n) is 4.70. The molecule has 2 fully saturated rings. The molecule has 29 heavy (non-hydrogen) atoms. The molecule has 8 heteroatoms. The van der Waals surface area contributed by atoms with Crippen molar-refractivity contribution in [2.45, 2.75) is 31.8 Å². The van der Waals surface area contributed by atoms with Gasteiger partial charge in [0.25, 0.3) is 0 Å². The fourth-order valence-corrected chi connectivity index (χ4v) is 5.74. The average molecular weight is 433 g/mol. The van der Waals surface area contributed by atoms with E-state index in [4.69, 9.17) is 11.6 Å². The Morgan fingerprint density at radius 3 is 2.55 bits per heavy atom. The van der Waals surface area contributed by atoms with Crippen molar-refractivity contribution in [2.24, 2.45) is 17.8 Å². The van der Waals surface area contributed by atoms with Gasteiger partial charge in [-0.3, -0.25) is 19.7 Å². The molecule has 4 unspecified atom stereocenters. The van der Waals surface area contributed by atoms with E-state index in [1.807, 2.05) is 31.4 Å². The maximum absolute atomic E-state index is 13.5. The first-order chi connectivity index (χ1) is 13.8. The molecule has 4 atom stereocenters. The molecule has 0 bridgehead atoms. The van der Waals surface area contributed by atoms with E-state index in [1.165, 1.54) is 11.3 Å². The summed E-state index contributed by atoms with van der Waals surface area (Å²) in [5, 5.41) is 15.6. The molecule has 2 saturated heterocycles. The number of benzene rings is 1. The Morgan fingerprint density at radius 1 is 1.24 bits per heavy atom. The molecule has 2 aromatic rings. The lowest BCUT2D eigenvalue weighted by Crippen LogP contribution is -2.56. The van der Waals surface area contributed by atoms with Gasteiger partial charge in [0.15, 0.2) is 0 Å². The molecule has 0 spiro atoms. The summed E-state index contributed by atoms with van der Waals surface area (Å²) in [4.78, 5) is 41.4. The Morgan fingerprint density at radius 2 is 1.97 bits per heavy atom. The second-order valence-electron chi connectivity index (χ2n) is 7.98. The van der Waals surface area contributed by atoms with Crippen molar-refractivity contribution in [3.63, 3.8) is 0 Å². The van der Waals surface area contributed by atoms with Crippen LogP contribution in [-0.2, 0) is 14.4 Å². The van der Waals surface area contributed by atoms with Gasteiger partial charge in [-0.2, -0.15) is 0 Å². The highest BCUT2D eigenvalue weighted by Crippen LogP contribution is 2.52. The van der Waals surface area contributed by atoms with Gasteiger partial charge in [0.05, 0.1) is 28.6 Å². The van der Waals surface area contributed by atoms with Crippen molar-refractivity contribution < 1.29 is 19.5 Å². The number of amides is 2. The highest BCUT2D eigenvalue weighted by molar-refractivity contribution is 7.10. The van der Waals surface area contributed by atoms with Gasteiger partial charge >= 0.3 is 5.97 Å². The number of imide groups is 1. The number of anilines is 1. The number of nitrogens with zero attached hydrogens (tertiary/aromatic N) is 1. The van der Waals surface area contributed by atoms with Gasteiger partial charge in [-0.1, -0.05) is 43.6 Å². The number of fused-ring (bicyclic) bond motifs is 1. The summed E-state index contributed by atoms with van der Waals surface area (Å²) in [5.74, 6) is -3.82. The number of carbonyl (C=O) groups excluding carboxylic acids is 2. The van der Waals surface area contributed by atoms with E-state index in [2.05, 4.69) is 5.32 Å². The predicted octanol–water partition coefficient (Wildman–Crippen LogP) is 3.72. The molecule has 2 amide bonds. The van der Waals surface area contributed by atoms with Crippen molar-refractivity contribution in [1.82, 2.24) is 5.32 Å². The standard InChI is InChI=1S/C21H21ClN2O4S/c1-11(2)10-21(20(27)28)16-15(17(23-21)14-8-5-9-29-14)18(25)24(19(16)26)13-7-4-3-6-12(13)22/h3-9,11,15-17,23H,10H2,1-2H3,(H,27,28). The number of nitrogens with one attached hydrogen (secondary N) is 1. The minimum absolute atomic E-state index is 0.0126. The van der Waals surface area contributed by atoms with Crippen LogP contribution in [0.1, 0.15) is 31.2 Å². The number of carbonyl (C=O) groups is 3. The zero-order chi connectivity index (χ0) is 20.9. The molecule has 0 aliphatic carbocycles. The maximum atomic E-state index is 13.5. The fraction of sp³-hybridized carbons (Fsp3) is 0.381. The van der Waals surface area contributed by atoms with E-state index in [1.54, 1.807) is 24.3 Å². The molecule has 2 N–H and O–H groups in total. The molecule has 3 heterocycles. The first-order valence-electron chi connectivity index (χ1n) is 9.44. The number of aliphatic carboxylic acids is 1. The number of hydrogen-bond acceptors (Lipinski definition) is 5. The Hall–Kier alpha value is -2.22. The number of carboxylic acid groups (broad SMARTS) is 1. The summed E-state index contributed by atoms with van der Waals surface area (Å²) < 4.78 is 0. The summed E-state index contributed by atoms with van der Waals surface area (Å²) in [5.41, 5.74) is -1.22. The van der Waals surface area contributed by atoms with Gasteiger partial charge in [0, 0.05) is 4.88 Å². The molecule has 1 aromatic heterocycles. The van der Waals surface area contributed by atoms with Gasteiger partial charge in [-0.05, 0) is 35.9 Å². The van der Waals surface area contributed by atoms with Gasteiger partial charge in [-0.15, -0.1) is 11.3 Å². The lowest BCUT2D eigenvalue weighted by molar-refractivity contribution is -0.149. The number of rotatable bonds is 5. The Labute approximate surface area is 177 Å². The highest BCUT2D eigenvalue weighted by Gasteiger charge is 2.68. The van der Waals surface area contributed by atoms with E-state index in [0.717, 1.165) is 9.78 Å². The maximum Gasteiger partial charge on any atom is 0.324 e. The minimum Gasteiger partial charge on any atom is -0.480 e. The Bertz CT molecular complexity index is 977. The van der Waals surface area contributed by atoms with Gasteiger partial charge in [-0.25, -0.2) is 4.90 Å². The van der Waals surface area contributed by atoms with Crippen molar-refractivity contribution in [1.29, 1.82) is 0 Å². The average Bonchev–Trinajstić information content (AvgIpc) is 3.34. The molecular weight excluding hydrogens is 412 g/mol. The van der Waals surface area contributed by atoms with Crippen LogP contribution in [0.2, 0.25) is 5.02 Å². The Balaban J connectivity index is 1.87. The van der Waals surface area contributed by atoms with Crippen LogP contribution in [-0.4, -0.2) is 28.4 Å². The van der Waals surface area contributed by atoms with Gasteiger partial charge < -0.3 is 5.11 Å². The largest absolute Gasteiger partial charge is 0.480 e. The van der Waals surface area contributed by atoms with Crippen molar-refractivity contribution in [3.8, 4) is 0 Å². The molecule has 1 aromatic carbocycles. The summed E-state index contributed by atoms with van der Waals surface area (Å²) in [6.07, 6.45) is 0.237. The van der Waals surface area contributed by atoms with Crippen LogP contribution in [0, 0.1) is 17.8 Å². The van der Waals surface area contributed by atoms with Crippen LogP contribution in [0.5, 0.6) is 0 Å². The zero-order valence-corrected chi connectivity index (χ0v) is 17.5. The number of hydrogen-bond donors (Lipinski definition) is 2. The quantitative estimate of drug-likeness (QED) is 0.703. The third-order valence-electron chi connectivity index (χ3n) is 5.71. The molecule has 2 aliphatic heterocycles. The minimum atomic E-state index is -1.52. The third kappa shape index (κ3) is 2.99. The lowest BCUT2D eigenvalue weighted by atomic mass is 9.75. The molecule has 0 saturated carbocycles. The number of thiophene rings is 1. The van der Waals surface area contributed by atoms with Gasteiger partial charge in [0.1, 0.15) is 5.54 Å². The van der Waals surface area contributed by atoms with Crippen LogP contribution in [0.25, 0.3) is 0 Å². The second-order valence-corrected chi connectivity index (χ2v) is 9.37. The third-order valence-corrected chi connectivity index (χ3v) is 6.98. The van der Waals surface area contributed by atoms with Crippen molar-refractivity contribution in [2.75, 3.05) is 4.90 Å². The second kappa shape index (κ2) is 7.23. The van der Waals surface area contributed by atoms with Crippen LogP contribution < -0.4 is 10.2 Å². The van der Waals surface area contributed by atoms with Crippen LogP contribution in [0.4, 0.5) is 5.69 Å². The number of para-hydroxylation sites is 1. The lowest BCUT2D eigenvalue weighted by Gasteiger charge is -2.32. The van der Waals surface area contributed by atoms with E-state index in [9.17, 15) is 19.5 Å². The zero-order valence-electron chi connectivity index (χ0n) is 16.0. The first-order valence-corrected chi connectivity index (χ1v) is 10.7. The van der Waals surface area contributed by atoms with Gasteiger partial charge in [0.2, 0.25) is 11.8 Å². The topological polar surface area (TPSA) is 86.7 Å². The van der Waals surface area contributed by atoms with Crippen molar-refractivity contribution in [3.05, 3.63) is 51.7 Å². The summed E-state index contributed by atoms with van der Waals surface area (Å²) in [6.45, 7) is 3.82. The molecular formula is C21H21ClN2O4S. The van der Waals surface area contributed by atoms with E-state index in [0.29, 0.717) is 5.69 Å². The van der Waals surface area contributed by atoms with Crippen LogP contribution >= 0.6 is 22.9 Å².